The predicted octanol–water partition coefficient (Wildman–Crippen LogP) is 5.32. The van der Waals surface area contributed by atoms with Gasteiger partial charge in [-0.25, -0.2) is 4.39 Å². The molecule has 4 rings (SSSR count). The second-order valence-electron chi connectivity index (χ2n) is 7.11. The topological polar surface area (TPSA) is 73.0 Å². The number of aromatic nitrogens is 3. The van der Waals surface area contributed by atoms with Crippen molar-refractivity contribution in [3.63, 3.8) is 0 Å². The van der Waals surface area contributed by atoms with Crippen LogP contribution in [0.25, 0.3) is 17.1 Å². The summed E-state index contributed by atoms with van der Waals surface area (Å²) < 4.78 is 20.7. The molecule has 2 aromatic carbocycles. The van der Waals surface area contributed by atoms with E-state index in [1.54, 1.807) is 23.0 Å². The van der Waals surface area contributed by atoms with Crippen molar-refractivity contribution in [3.8, 4) is 17.1 Å². The Morgan fingerprint density at radius 2 is 1.77 bits per heavy atom. The second kappa shape index (κ2) is 8.77. The van der Waals surface area contributed by atoms with Gasteiger partial charge in [-0.15, -0.1) is 10.2 Å². The average molecular weight is 437 g/mol. The Kier molecular flexibility index (Phi) is 5.90. The first-order valence-electron chi connectivity index (χ1n) is 9.68. The number of hydrogen-bond acceptors (Lipinski definition) is 5. The minimum Gasteiger partial charge on any atom is -0.469 e. The molecule has 1 amide bonds. The van der Waals surface area contributed by atoms with Crippen LogP contribution in [0, 0.1) is 26.6 Å². The van der Waals surface area contributed by atoms with Gasteiger partial charge < -0.3 is 9.73 Å². The number of aryl methyl sites for hydroxylation is 3. The molecule has 0 saturated heterocycles. The minimum absolute atomic E-state index is 0.142. The largest absolute Gasteiger partial charge is 0.469 e. The van der Waals surface area contributed by atoms with E-state index in [1.807, 2.05) is 45.0 Å². The third-order valence-corrected chi connectivity index (χ3v) is 5.82. The number of halogens is 1. The Balaban J connectivity index is 1.61. The molecule has 6 nitrogen and oxygen atoms in total. The molecule has 2 aromatic heterocycles. The number of furan rings is 1. The molecule has 0 aliphatic carbocycles. The fraction of sp³-hybridized carbons (Fsp3) is 0.174. The number of amides is 1. The average Bonchev–Trinajstić information content (AvgIpc) is 3.35. The highest BCUT2D eigenvalue weighted by Gasteiger charge is 2.20. The van der Waals surface area contributed by atoms with E-state index in [-0.39, 0.29) is 17.5 Å². The van der Waals surface area contributed by atoms with E-state index >= 15 is 0 Å². The summed E-state index contributed by atoms with van der Waals surface area (Å²) in [6.45, 7) is 5.75. The molecule has 0 spiro atoms. The van der Waals surface area contributed by atoms with Crippen molar-refractivity contribution in [2.75, 3.05) is 11.1 Å². The molecule has 4 aromatic rings. The van der Waals surface area contributed by atoms with Crippen LogP contribution in [0.2, 0.25) is 0 Å². The van der Waals surface area contributed by atoms with Crippen LogP contribution in [-0.2, 0) is 4.79 Å². The van der Waals surface area contributed by atoms with Gasteiger partial charge in [0.25, 0.3) is 0 Å². The third kappa shape index (κ3) is 4.39. The quantitative estimate of drug-likeness (QED) is 0.414. The molecule has 0 unspecified atom stereocenters. The Morgan fingerprint density at radius 3 is 2.42 bits per heavy atom. The van der Waals surface area contributed by atoms with Crippen LogP contribution in [-0.4, -0.2) is 26.4 Å². The Morgan fingerprint density at radius 1 is 1.06 bits per heavy atom. The standard InChI is InChI=1S/C23H21FN4O2S/c1-14-5-4-6-15(2)21(14)25-20(29)13-31-23-27-26-22(19-11-12-30-16(19)3)28(23)18-9-7-17(24)8-10-18/h4-12H,13H2,1-3H3,(H,25,29). The normalized spacial score (nSPS) is 11.0. The summed E-state index contributed by atoms with van der Waals surface area (Å²) in [5.41, 5.74) is 4.31. The summed E-state index contributed by atoms with van der Waals surface area (Å²) >= 11 is 1.26. The molecule has 0 aliphatic heterocycles. The van der Waals surface area contributed by atoms with Crippen molar-refractivity contribution >= 4 is 23.4 Å². The summed E-state index contributed by atoms with van der Waals surface area (Å²) in [6, 6.07) is 13.7. The predicted molar refractivity (Wildman–Crippen MR) is 119 cm³/mol. The summed E-state index contributed by atoms with van der Waals surface area (Å²) in [6.07, 6.45) is 1.58. The van der Waals surface area contributed by atoms with Gasteiger partial charge in [-0.2, -0.15) is 0 Å². The van der Waals surface area contributed by atoms with Crippen molar-refractivity contribution in [2.24, 2.45) is 0 Å². The zero-order valence-corrected chi connectivity index (χ0v) is 18.2. The van der Waals surface area contributed by atoms with Crippen LogP contribution in [0.1, 0.15) is 16.9 Å². The van der Waals surface area contributed by atoms with Gasteiger partial charge in [0.1, 0.15) is 11.6 Å². The summed E-state index contributed by atoms with van der Waals surface area (Å²) in [7, 11) is 0. The van der Waals surface area contributed by atoms with Crippen molar-refractivity contribution in [1.82, 2.24) is 14.8 Å². The lowest BCUT2D eigenvalue weighted by molar-refractivity contribution is -0.113. The number of nitrogens with one attached hydrogen (secondary N) is 1. The second-order valence-corrected chi connectivity index (χ2v) is 8.05. The Bertz CT molecular complexity index is 1210. The van der Waals surface area contributed by atoms with E-state index < -0.39 is 0 Å². The van der Waals surface area contributed by atoms with Crippen LogP contribution in [0.4, 0.5) is 10.1 Å². The Hall–Kier alpha value is -3.39. The first-order chi connectivity index (χ1) is 14.9. The molecule has 31 heavy (non-hydrogen) atoms. The maximum absolute atomic E-state index is 13.5. The molecule has 8 heteroatoms. The monoisotopic (exact) mass is 436 g/mol. The third-order valence-electron chi connectivity index (χ3n) is 4.90. The summed E-state index contributed by atoms with van der Waals surface area (Å²) in [4.78, 5) is 12.6. The van der Waals surface area contributed by atoms with Gasteiger partial charge in [0, 0.05) is 11.4 Å². The zero-order valence-electron chi connectivity index (χ0n) is 17.3. The van der Waals surface area contributed by atoms with Crippen molar-refractivity contribution < 1.29 is 13.6 Å². The molecular formula is C23H21FN4O2S. The van der Waals surface area contributed by atoms with Gasteiger partial charge in [-0.1, -0.05) is 30.0 Å². The number of para-hydroxylation sites is 1. The highest BCUT2D eigenvalue weighted by molar-refractivity contribution is 7.99. The van der Waals surface area contributed by atoms with E-state index in [0.29, 0.717) is 22.4 Å². The van der Waals surface area contributed by atoms with Crippen LogP contribution >= 0.6 is 11.8 Å². The van der Waals surface area contributed by atoms with E-state index in [4.69, 9.17) is 4.42 Å². The zero-order chi connectivity index (χ0) is 22.0. The first-order valence-corrected chi connectivity index (χ1v) is 10.7. The molecule has 0 aliphatic rings. The fourth-order valence-electron chi connectivity index (χ4n) is 3.29. The van der Waals surface area contributed by atoms with Gasteiger partial charge in [0.15, 0.2) is 11.0 Å². The molecule has 0 radical (unpaired) electrons. The van der Waals surface area contributed by atoms with E-state index in [9.17, 15) is 9.18 Å². The molecular weight excluding hydrogens is 415 g/mol. The lowest BCUT2D eigenvalue weighted by Gasteiger charge is -2.12. The van der Waals surface area contributed by atoms with Gasteiger partial charge in [0.2, 0.25) is 5.91 Å². The van der Waals surface area contributed by atoms with Gasteiger partial charge in [0.05, 0.1) is 17.6 Å². The summed E-state index contributed by atoms with van der Waals surface area (Å²) in [5, 5.41) is 12.1. The van der Waals surface area contributed by atoms with Gasteiger partial charge in [-0.05, 0) is 62.2 Å². The van der Waals surface area contributed by atoms with Crippen LogP contribution < -0.4 is 5.32 Å². The molecule has 0 saturated carbocycles. The molecule has 158 valence electrons. The molecule has 0 atom stereocenters. The highest BCUT2D eigenvalue weighted by Crippen LogP contribution is 2.30. The lowest BCUT2D eigenvalue weighted by Crippen LogP contribution is -2.16. The minimum atomic E-state index is -0.333. The van der Waals surface area contributed by atoms with Crippen molar-refractivity contribution in [3.05, 3.63) is 77.5 Å². The fourth-order valence-corrected chi connectivity index (χ4v) is 4.05. The van der Waals surface area contributed by atoms with Crippen molar-refractivity contribution in [2.45, 2.75) is 25.9 Å². The molecule has 2 heterocycles. The maximum Gasteiger partial charge on any atom is 0.234 e. The molecule has 0 fully saturated rings. The van der Waals surface area contributed by atoms with Crippen molar-refractivity contribution in [1.29, 1.82) is 0 Å². The van der Waals surface area contributed by atoms with E-state index in [1.165, 1.54) is 23.9 Å². The molecule has 1 N–H and O–H groups in total. The van der Waals surface area contributed by atoms with Crippen LogP contribution in [0.15, 0.2) is 64.4 Å². The maximum atomic E-state index is 13.5. The van der Waals surface area contributed by atoms with E-state index in [2.05, 4.69) is 15.5 Å². The smallest absolute Gasteiger partial charge is 0.234 e. The summed E-state index contributed by atoms with van der Waals surface area (Å²) in [5.74, 6) is 0.935. The Labute approximate surface area is 183 Å². The first kappa shape index (κ1) is 20.9. The SMILES string of the molecule is Cc1cccc(C)c1NC(=O)CSc1nnc(-c2ccoc2C)n1-c1ccc(F)cc1. The van der Waals surface area contributed by atoms with Crippen LogP contribution in [0.3, 0.4) is 0 Å². The molecule has 0 bridgehead atoms. The number of carbonyl (C=O) groups is 1. The van der Waals surface area contributed by atoms with Gasteiger partial charge >= 0.3 is 0 Å². The number of carbonyl (C=O) groups excluding carboxylic acids is 1. The van der Waals surface area contributed by atoms with E-state index in [0.717, 1.165) is 22.4 Å². The number of anilines is 1. The lowest BCUT2D eigenvalue weighted by atomic mass is 10.1. The number of rotatable bonds is 6. The highest BCUT2D eigenvalue weighted by atomic mass is 32.2. The number of nitrogens with zero attached hydrogens (tertiary/aromatic N) is 3. The van der Waals surface area contributed by atoms with Gasteiger partial charge in [-0.3, -0.25) is 9.36 Å². The number of hydrogen-bond donors (Lipinski definition) is 1. The number of thioether (sulfide) groups is 1. The number of benzene rings is 2. The van der Waals surface area contributed by atoms with Crippen LogP contribution in [0.5, 0.6) is 0 Å².